The molecule has 0 fully saturated rings. The molecule has 0 atom stereocenters. The number of unbranched alkanes of at least 4 members (excludes halogenated alkanes) is 4. The largest absolute Gasteiger partial charge is 0.412 e. The Balaban J connectivity index is 6.14. The normalized spacial score (nSPS) is 13.9. The molecule has 0 spiro atoms. The Hall–Kier alpha value is 0.354. The number of hydrogen-bond acceptors (Lipinski definition) is 2. The van der Waals surface area contributed by atoms with Crippen molar-refractivity contribution in [2.45, 2.75) is 162 Å². The molecular formula is C25H56O2Si2. The summed E-state index contributed by atoms with van der Waals surface area (Å²) in [6, 6.07) is 5.28. The first kappa shape index (κ1) is 29.4. The summed E-state index contributed by atoms with van der Waals surface area (Å²) in [5.74, 6) is 0. The van der Waals surface area contributed by atoms with Gasteiger partial charge >= 0.3 is 0 Å². The maximum Gasteiger partial charge on any atom is 0.193 e. The van der Waals surface area contributed by atoms with Gasteiger partial charge in [-0.2, -0.15) is 0 Å². The Labute approximate surface area is 187 Å². The van der Waals surface area contributed by atoms with Gasteiger partial charge in [-0.1, -0.05) is 79.1 Å². The summed E-state index contributed by atoms with van der Waals surface area (Å²) in [6.45, 7) is 23.0. The van der Waals surface area contributed by atoms with Crippen LogP contribution < -0.4 is 0 Å². The van der Waals surface area contributed by atoms with E-state index in [0.29, 0.717) is 0 Å². The van der Waals surface area contributed by atoms with Gasteiger partial charge in [0.15, 0.2) is 16.6 Å². The fraction of sp³-hybridized carbons (Fsp3) is 1.00. The lowest BCUT2D eigenvalue weighted by atomic mass is 10.2. The van der Waals surface area contributed by atoms with Crippen molar-refractivity contribution in [3.8, 4) is 0 Å². The first-order chi connectivity index (χ1) is 13.4. The van der Waals surface area contributed by atoms with Gasteiger partial charge in [-0.05, 0) is 71.4 Å². The summed E-state index contributed by atoms with van der Waals surface area (Å²) >= 11 is 0. The monoisotopic (exact) mass is 444 g/mol. The lowest BCUT2D eigenvalue weighted by molar-refractivity contribution is 0.106. The summed E-state index contributed by atoms with van der Waals surface area (Å²) in [5, 5.41) is 0. The highest BCUT2D eigenvalue weighted by Crippen LogP contribution is 2.41. The molecule has 0 aromatic rings. The van der Waals surface area contributed by atoms with Crippen molar-refractivity contribution in [3.05, 3.63) is 0 Å². The van der Waals surface area contributed by atoms with Gasteiger partial charge < -0.3 is 8.85 Å². The van der Waals surface area contributed by atoms with Crippen molar-refractivity contribution in [2.24, 2.45) is 0 Å². The van der Waals surface area contributed by atoms with Gasteiger partial charge in [0, 0.05) is 11.2 Å². The maximum absolute atomic E-state index is 7.15. The Morgan fingerprint density at radius 3 is 0.897 bits per heavy atom. The maximum atomic E-state index is 7.15. The molecule has 0 saturated carbocycles. The van der Waals surface area contributed by atoms with Crippen LogP contribution in [0.4, 0.5) is 0 Å². The van der Waals surface area contributed by atoms with E-state index in [9.17, 15) is 0 Å². The summed E-state index contributed by atoms with van der Waals surface area (Å²) in [4.78, 5) is 0. The Morgan fingerprint density at radius 2 is 0.724 bits per heavy atom. The Bertz CT molecular complexity index is 356. The van der Waals surface area contributed by atoms with E-state index in [2.05, 4.69) is 69.2 Å². The molecule has 4 heteroatoms. The number of hydrogen-bond donors (Lipinski definition) is 0. The molecule has 0 aromatic carbocycles. The van der Waals surface area contributed by atoms with Crippen LogP contribution in [0, 0.1) is 0 Å². The second kappa shape index (κ2) is 13.7. The minimum absolute atomic E-state index is 0.0505. The Morgan fingerprint density at radius 1 is 0.483 bits per heavy atom. The van der Waals surface area contributed by atoms with Crippen LogP contribution in [0.25, 0.3) is 0 Å². The molecule has 0 bridgehead atoms. The molecule has 176 valence electrons. The van der Waals surface area contributed by atoms with Gasteiger partial charge in [0.2, 0.25) is 0 Å². The second-order valence-corrected chi connectivity index (χ2v) is 19.9. The zero-order chi connectivity index (χ0) is 22.6. The lowest BCUT2D eigenvalue weighted by Gasteiger charge is -2.46. The van der Waals surface area contributed by atoms with Gasteiger partial charge in [0.25, 0.3) is 0 Å². The Kier molecular flexibility index (Phi) is 13.9. The van der Waals surface area contributed by atoms with Crippen LogP contribution in [0.2, 0.25) is 29.8 Å². The van der Waals surface area contributed by atoms with Gasteiger partial charge in [-0.25, -0.2) is 0 Å². The van der Waals surface area contributed by atoms with Crippen molar-refractivity contribution < 1.29 is 8.85 Å². The van der Waals surface area contributed by atoms with E-state index >= 15 is 0 Å². The van der Waals surface area contributed by atoms with Crippen LogP contribution >= 0.6 is 0 Å². The summed E-state index contributed by atoms with van der Waals surface area (Å²) in [6.07, 6.45) is 10.3. The molecule has 0 heterocycles. The molecule has 0 saturated heterocycles. The van der Waals surface area contributed by atoms with Gasteiger partial charge in [-0.3, -0.25) is 0 Å². The highest BCUT2D eigenvalue weighted by atomic mass is 28.4. The summed E-state index contributed by atoms with van der Waals surface area (Å²) in [5.41, 5.74) is 1.21. The fourth-order valence-corrected chi connectivity index (χ4v) is 20.4. The van der Waals surface area contributed by atoms with Gasteiger partial charge in [0.1, 0.15) is 0 Å². The minimum Gasteiger partial charge on any atom is -0.412 e. The van der Waals surface area contributed by atoms with Gasteiger partial charge in [0.05, 0.1) is 0 Å². The van der Waals surface area contributed by atoms with Crippen LogP contribution in [-0.2, 0) is 8.85 Å². The number of rotatable bonds is 16. The predicted molar refractivity (Wildman–Crippen MR) is 137 cm³/mol. The molecule has 0 amide bonds. The summed E-state index contributed by atoms with van der Waals surface area (Å²) in [7, 11) is -3.74. The highest BCUT2D eigenvalue weighted by Gasteiger charge is 2.49. The molecule has 0 N–H and O–H groups in total. The predicted octanol–water partition coefficient (Wildman–Crippen LogP) is 9.25. The van der Waals surface area contributed by atoms with Crippen LogP contribution in [-0.4, -0.2) is 27.8 Å². The molecule has 0 aliphatic carbocycles. The molecule has 0 unspecified atom stereocenters. The van der Waals surface area contributed by atoms with Crippen LogP contribution in [0.5, 0.6) is 0 Å². The molecule has 2 nitrogen and oxygen atoms in total. The molecule has 0 aliphatic heterocycles. The smallest absolute Gasteiger partial charge is 0.193 e. The third-order valence-electron chi connectivity index (χ3n) is 5.63. The quantitative estimate of drug-likeness (QED) is 0.221. The van der Waals surface area contributed by atoms with Gasteiger partial charge in [-0.15, -0.1) is 0 Å². The fourth-order valence-electron chi connectivity index (χ4n) is 4.76. The van der Waals surface area contributed by atoms with Crippen molar-refractivity contribution in [1.29, 1.82) is 0 Å². The topological polar surface area (TPSA) is 18.5 Å². The summed E-state index contributed by atoms with van der Waals surface area (Å²) < 4.78 is 14.3. The highest BCUT2D eigenvalue weighted by molar-refractivity contribution is 6.92. The molecule has 0 aliphatic rings. The zero-order valence-corrected chi connectivity index (χ0v) is 24.0. The van der Waals surface area contributed by atoms with E-state index in [-0.39, 0.29) is 11.2 Å². The molecular weight excluding hydrogens is 388 g/mol. The van der Waals surface area contributed by atoms with Crippen molar-refractivity contribution in [1.82, 2.24) is 0 Å². The van der Waals surface area contributed by atoms with Crippen LogP contribution in [0.3, 0.4) is 0 Å². The average molecular weight is 445 g/mol. The first-order valence-corrected chi connectivity index (χ1v) is 17.8. The first-order valence-electron chi connectivity index (χ1n) is 12.8. The third kappa shape index (κ3) is 13.4. The SMILES string of the molecule is CCCC[Si](CCCC)(C[Si](CCCC)(CCCC)OC(C)(C)C)OC(C)(C)C. The second-order valence-electron chi connectivity index (χ2n) is 11.4. The third-order valence-corrected chi connectivity index (χ3v) is 17.9. The van der Waals surface area contributed by atoms with E-state index < -0.39 is 16.6 Å². The molecule has 29 heavy (non-hydrogen) atoms. The zero-order valence-electron chi connectivity index (χ0n) is 22.0. The van der Waals surface area contributed by atoms with E-state index in [4.69, 9.17) is 8.85 Å². The average Bonchev–Trinajstić information content (AvgIpc) is 2.58. The van der Waals surface area contributed by atoms with Crippen molar-refractivity contribution in [3.63, 3.8) is 0 Å². The van der Waals surface area contributed by atoms with E-state index in [1.54, 1.807) is 0 Å². The minimum atomic E-state index is -1.87. The molecule has 0 rings (SSSR count). The van der Waals surface area contributed by atoms with E-state index in [0.717, 1.165) is 0 Å². The standard InChI is InChI=1S/C25H56O2Si2/c1-11-15-19-28(20-16-12-2,26-24(5,6)7)23-29(21-17-13-3,22-18-14-4)27-25(8,9)10/h11-23H2,1-10H3. The van der Waals surface area contributed by atoms with E-state index in [1.807, 2.05) is 0 Å². The van der Waals surface area contributed by atoms with Crippen molar-refractivity contribution >= 4 is 16.6 Å². The lowest BCUT2D eigenvalue weighted by Crippen LogP contribution is -2.55. The van der Waals surface area contributed by atoms with Crippen molar-refractivity contribution in [2.75, 3.05) is 0 Å². The molecule has 0 aromatic heterocycles. The van der Waals surface area contributed by atoms with Crippen LogP contribution in [0.1, 0.15) is 121 Å². The van der Waals surface area contributed by atoms with E-state index in [1.165, 1.54) is 81.2 Å². The molecule has 0 radical (unpaired) electrons. The van der Waals surface area contributed by atoms with Crippen LogP contribution in [0.15, 0.2) is 0 Å².